The second kappa shape index (κ2) is 4.91. The molecule has 0 unspecified atom stereocenters. The summed E-state index contributed by atoms with van der Waals surface area (Å²) in [6.45, 7) is 3.44. The van der Waals surface area contributed by atoms with Crippen molar-refractivity contribution in [3.8, 4) is 0 Å². The van der Waals surface area contributed by atoms with Crippen molar-refractivity contribution in [2.24, 2.45) is 0 Å². The predicted molar refractivity (Wildman–Crippen MR) is 58.9 cm³/mol. The Labute approximate surface area is 97.6 Å². The van der Waals surface area contributed by atoms with Gasteiger partial charge in [0.05, 0.1) is 11.9 Å². The third-order valence-electron chi connectivity index (χ3n) is 2.74. The van der Waals surface area contributed by atoms with Crippen molar-refractivity contribution in [2.45, 2.75) is 12.6 Å². The second-order valence-corrected chi connectivity index (χ2v) is 3.99. The molecule has 0 amide bonds. The Kier molecular flexibility index (Phi) is 3.51. The molecule has 1 N–H and O–H groups in total. The zero-order valence-electron chi connectivity index (χ0n) is 9.30. The Hall–Kier alpha value is -1.30. The molecule has 1 fully saturated rings. The molecule has 17 heavy (non-hydrogen) atoms. The molecular weight excluding hydrogens is 231 g/mol. The SMILES string of the molecule is FC(F)(F)c1ccc(N2CCCNCC2)cn1. The summed E-state index contributed by atoms with van der Waals surface area (Å²) in [5, 5.41) is 3.24. The molecule has 0 atom stereocenters. The average molecular weight is 245 g/mol. The lowest BCUT2D eigenvalue weighted by molar-refractivity contribution is -0.141. The van der Waals surface area contributed by atoms with Gasteiger partial charge in [-0.1, -0.05) is 0 Å². The minimum absolute atomic E-state index is 0.752. The Balaban J connectivity index is 2.11. The van der Waals surface area contributed by atoms with E-state index in [1.807, 2.05) is 4.90 Å². The van der Waals surface area contributed by atoms with Gasteiger partial charge in [0.1, 0.15) is 5.69 Å². The van der Waals surface area contributed by atoms with E-state index in [1.54, 1.807) is 0 Å². The van der Waals surface area contributed by atoms with Crippen LogP contribution in [0.4, 0.5) is 18.9 Å². The number of nitrogens with zero attached hydrogens (tertiary/aromatic N) is 2. The number of pyridine rings is 1. The van der Waals surface area contributed by atoms with Gasteiger partial charge in [0.15, 0.2) is 0 Å². The molecule has 0 bridgehead atoms. The first-order valence-corrected chi connectivity index (χ1v) is 5.56. The van der Waals surface area contributed by atoms with E-state index in [0.29, 0.717) is 0 Å². The van der Waals surface area contributed by atoms with Crippen molar-refractivity contribution >= 4 is 5.69 Å². The molecule has 0 aliphatic carbocycles. The maximum absolute atomic E-state index is 12.3. The first kappa shape index (κ1) is 12.2. The quantitative estimate of drug-likeness (QED) is 0.819. The third kappa shape index (κ3) is 3.09. The fourth-order valence-electron chi connectivity index (χ4n) is 1.84. The van der Waals surface area contributed by atoms with Gasteiger partial charge in [-0.25, -0.2) is 4.98 Å². The smallest absolute Gasteiger partial charge is 0.369 e. The van der Waals surface area contributed by atoms with Gasteiger partial charge < -0.3 is 10.2 Å². The summed E-state index contributed by atoms with van der Waals surface area (Å²) in [6.07, 6.45) is -2.08. The summed E-state index contributed by atoms with van der Waals surface area (Å²) >= 11 is 0. The lowest BCUT2D eigenvalue weighted by atomic mass is 10.3. The molecule has 0 spiro atoms. The number of halogens is 3. The zero-order chi connectivity index (χ0) is 12.3. The van der Waals surface area contributed by atoms with Crippen LogP contribution in [0.3, 0.4) is 0 Å². The minimum Gasteiger partial charge on any atom is -0.369 e. The van der Waals surface area contributed by atoms with Crippen LogP contribution >= 0.6 is 0 Å². The highest BCUT2D eigenvalue weighted by Gasteiger charge is 2.32. The van der Waals surface area contributed by atoms with Crippen molar-refractivity contribution in [3.05, 3.63) is 24.0 Å². The van der Waals surface area contributed by atoms with Crippen molar-refractivity contribution in [1.29, 1.82) is 0 Å². The van der Waals surface area contributed by atoms with Crippen LogP contribution in [-0.4, -0.2) is 31.2 Å². The Bertz CT molecular complexity index is 353. The van der Waals surface area contributed by atoms with Gasteiger partial charge in [-0.05, 0) is 25.1 Å². The van der Waals surface area contributed by atoms with Gasteiger partial charge in [0, 0.05) is 19.6 Å². The lowest BCUT2D eigenvalue weighted by Gasteiger charge is -2.22. The van der Waals surface area contributed by atoms with Crippen molar-refractivity contribution in [2.75, 3.05) is 31.1 Å². The molecular formula is C11H14F3N3. The van der Waals surface area contributed by atoms with Gasteiger partial charge in [-0.15, -0.1) is 0 Å². The number of rotatable bonds is 1. The monoisotopic (exact) mass is 245 g/mol. The van der Waals surface area contributed by atoms with Crippen LogP contribution in [0.25, 0.3) is 0 Å². The predicted octanol–water partition coefficient (Wildman–Crippen LogP) is 1.90. The molecule has 1 aliphatic rings. The Morgan fingerprint density at radius 2 is 2.00 bits per heavy atom. The van der Waals surface area contributed by atoms with Crippen LogP contribution in [0.15, 0.2) is 18.3 Å². The van der Waals surface area contributed by atoms with Gasteiger partial charge in [-0.2, -0.15) is 13.2 Å². The third-order valence-corrected chi connectivity index (χ3v) is 2.74. The van der Waals surface area contributed by atoms with E-state index < -0.39 is 11.9 Å². The van der Waals surface area contributed by atoms with E-state index in [9.17, 15) is 13.2 Å². The average Bonchev–Trinajstić information content (AvgIpc) is 2.56. The molecule has 1 aromatic rings. The van der Waals surface area contributed by atoms with Crippen LogP contribution in [0.2, 0.25) is 0 Å². The zero-order valence-corrected chi connectivity index (χ0v) is 9.30. The number of anilines is 1. The van der Waals surface area contributed by atoms with Gasteiger partial charge in [0.25, 0.3) is 0 Å². The van der Waals surface area contributed by atoms with Crippen LogP contribution in [0.5, 0.6) is 0 Å². The summed E-state index contributed by atoms with van der Waals surface area (Å²) in [5.74, 6) is 0. The second-order valence-electron chi connectivity index (χ2n) is 3.99. The van der Waals surface area contributed by atoms with Gasteiger partial charge in [0.2, 0.25) is 0 Å². The first-order chi connectivity index (χ1) is 8.07. The molecule has 6 heteroatoms. The molecule has 0 radical (unpaired) electrons. The maximum atomic E-state index is 12.3. The fourth-order valence-corrected chi connectivity index (χ4v) is 1.84. The Morgan fingerprint density at radius 3 is 2.65 bits per heavy atom. The highest BCUT2D eigenvalue weighted by atomic mass is 19.4. The number of nitrogens with one attached hydrogen (secondary N) is 1. The van der Waals surface area contributed by atoms with Gasteiger partial charge >= 0.3 is 6.18 Å². The number of hydrogen-bond donors (Lipinski definition) is 1. The summed E-state index contributed by atoms with van der Waals surface area (Å²) in [5.41, 5.74) is -0.0871. The van der Waals surface area contributed by atoms with Gasteiger partial charge in [-0.3, -0.25) is 0 Å². The van der Waals surface area contributed by atoms with E-state index in [-0.39, 0.29) is 0 Å². The molecule has 2 rings (SSSR count). The van der Waals surface area contributed by atoms with Crippen LogP contribution in [-0.2, 0) is 6.18 Å². The molecule has 0 saturated carbocycles. The molecule has 0 aromatic carbocycles. The molecule has 1 aliphatic heterocycles. The number of hydrogen-bond acceptors (Lipinski definition) is 3. The molecule has 1 saturated heterocycles. The molecule has 94 valence electrons. The normalized spacial score (nSPS) is 17.9. The number of aromatic nitrogens is 1. The van der Waals surface area contributed by atoms with E-state index in [2.05, 4.69) is 10.3 Å². The summed E-state index contributed by atoms with van der Waals surface area (Å²) < 4.78 is 37.0. The maximum Gasteiger partial charge on any atom is 0.433 e. The summed E-state index contributed by atoms with van der Waals surface area (Å²) in [6, 6.07) is 2.52. The largest absolute Gasteiger partial charge is 0.433 e. The first-order valence-electron chi connectivity index (χ1n) is 5.56. The topological polar surface area (TPSA) is 28.2 Å². The summed E-state index contributed by atoms with van der Waals surface area (Å²) in [4.78, 5) is 5.52. The standard InChI is InChI=1S/C11H14F3N3/c12-11(13,14)10-3-2-9(8-16-10)17-6-1-4-15-5-7-17/h2-3,8,15H,1,4-7H2. The van der Waals surface area contributed by atoms with Crippen LogP contribution in [0, 0.1) is 0 Å². The highest BCUT2D eigenvalue weighted by Crippen LogP contribution is 2.28. The molecule has 2 heterocycles. The minimum atomic E-state index is -4.36. The van der Waals surface area contributed by atoms with Crippen molar-refractivity contribution in [1.82, 2.24) is 10.3 Å². The van der Waals surface area contributed by atoms with Crippen molar-refractivity contribution < 1.29 is 13.2 Å². The summed E-state index contributed by atoms with van der Waals surface area (Å²) in [7, 11) is 0. The fraction of sp³-hybridized carbons (Fsp3) is 0.545. The lowest BCUT2D eigenvalue weighted by Crippen LogP contribution is -2.28. The van der Waals surface area contributed by atoms with E-state index in [1.165, 1.54) is 12.3 Å². The number of alkyl halides is 3. The van der Waals surface area contributed by atoms with Crippen molar-refractivity contribution in [3.63, 3.8) is 0 Å². The molecule has 1 aromatic heterocycles. The van der Waals surface area contributed by atoms with Crippen LogP contribution < -0.4 is 10.2 Å². The van der Waals surface area contributed by atoms with Crippen LogP contribution in [0.1, 0.15) is 12.1 Å². The van der Waals surface area contributed by atoms with E-state index in [4.69, 9.17) is 0 Å². The van der Waals surface area contributed by atoms with E-state index in [0.717, 1.165) is 44.4 Å². The Morgan fingerprint density at radius 1 is 1.18 bits per heavy atom. The van der Waals surface area contributed by atoms with E-state index >= 15 is 0 Å². The highest BCUT2D eigenvalue weighted by molar-refractivity contribution is 5.45. The molecule has 3 nitrogen and oxygen atoms in total.